The Kier molecular flexibility index (Phi) is 2.75. The van der Waals surface area contributed by atoms with Crippen molar-refractivity contribution >= 4 is 0 Å². The topological polar surface area (TPSA) is 32.7 Å². The summed E-state index contributed by atoms with van der Waals surface area (Å²) in [6.07, 6.45) is 6.33. The Bertz CT molecular complexity index is 219. The van der Waals surface area contributed by atoms with Crippen LogP contribution in [-0.4, -0.2) is 17.1 Å². The predicted molar refractivity (Wildman–Crippen MR) is 56.6 cm³/mol. The zero-order chi connectivity index (χ0) is 10.1. The molecule has 2 rings (SSSR count). The Labute approximate surface area is 85.8 Å². The number of rotatable bonds is 1. The van der Waals surface area contributed by atoms with Gasteiger partial charge in [0, 0.05) is 6.04 Å². The lowest BCUT2D eigenvalue weighted by Gasteiger charge is -2.47. The van der Waals surface area contributed by atoms with Crippen molar-refractivity contribution in [2.24, 2.45) is 17.1 Å². The van der Waals surface area contributed by atoms with Crippen LogP contribution in [0.4, 0.5) is 0 Å². The van der Waals surface area contributed by atoms with Gasteiger partial charge in [0.15, 0.2) is 0 Å². The second-order valence-electron chi connectivity index (χ2n) is 5.05. The Morgan fingerprint density at radius 3 is 2.64 bits per heavy atom. The Morgan fingerprint density at radius 1 is 1.14 bits per heavy atom. The first-order valence-electron chi connectivity index (χ1n) is 5.85. The van der Waals surface area contributed by atoms with Crippen LogP contribution in [0.25, 0.3) is 0 Å². The molecule has 0 amide bonds. The minimum absolute atomic E-state index is 0.356. The van der Waals surface area contributed by atoms with E-state index in [1.165, 1.54) is 25.7 Å². The van der Waals surface area contributed by atoms with Crippen molar-refractivity contribution in [2.75, 3.05) is 0 Å². The van der Waals surface area contributed by atoms with Gasteiger partial charge in [0.2, 0.25) is 0 Å². The molecule has 0 spiro atoms. The molecule has 1 heterocycles. The van der Waals surface area contributed by atoms with Crippen LogP contribution in [0.15, 0.2) is 5.29 Å². The lowest BCUT2D eigenvalue weighted by molar-refractivity contribution is -0.00788. The quantitative estimate of drug-likeness (QED) is 0.604. The van der Waals surface area contributed by atoms with Crippen LogP contribution in [-0.2, 0) is 0 Å². The molecule has 0 aromatic carbocycles. The Balaban J connectivity index is 2.16. The molecule has 3 nitrogen and oxygen atoms in total. The maximum absolute atomic E-state index is 10.8. The molecular formula is C11H20N2O. The highest BCUT2D eigenvalue weighted by Gasteiger charge is 2.40. The van der Waals surface area contributed by atoms with E-state index in [1.54, 1.807) is 0 Å². The normalized spacial score (nSPS) is 43.1. The molecule has 80 valence electrons. The minimum atomic E-state index is 0.356. The highest BCUT2D eigenvalue weighted by molar-refractivity contribution is 4.92. The van der Waals surface area contributed by atoms with E-state index < -0.39 is 0 Å². The van der Waals surface area contributed by atoms with E-state index in [1.807, 2.05) is 5.01 Å². The monoisotopic (exact) mass is 196 g/mol. The molecule has 1 aliphatic carbocycles. The molecule has 0 bridgehead atoms. The summed E-state index contributed by atoms with van der Waals surface area (Å²) >= 11 is 0. The lowest BCUT2D eigenvalue weighted by Crippen LogP contribution is -2.51. The van der Waals surface area contributed by atoms with E-state index in [0.29, 0.717) is 18.0 Å². The predicted octanol–water partition coefficient (Wildman–Crippen LogP) is 2.96. The lowest BCUT2D eigenvalue weighted by atomic mass is 9.72. The smallest absolute Gasteiger partial charge is 0.0559 e. The van der Waals surface area contributed by atoms with Crippen LogP contribution in [0, 0.1) is 16.7 Å². The van der Waals surface area contributed by atoms with Gasteiger partial charge in [0.1, 0.15) is 0 Å². The molecule has 0 unspecified atom stereocenters. The standard InChI is InChI=1S/C11H20N2O/c1-8-4-3-5-10-7-6-9(2)13(12-14)11(8)10/h8-11H,3-7H2,1-2H3/t8-,9-,10-,11+/m1/s1. The molecule has 0 radical (unpaired) electrons. The number of nitroso groups, excluding NO2 is 1. The Morgan fingerprint density at radius 2 is 1.93 bits per heavy atom. The average Bonchev–Trinajstić information content (AvgIpc) is 2.19. The summed E-state index contributed by atoms with van der Waals surface area (Å²) in [4.78, 5) is 10.8. The van der Waals surface area contributed by atoms with Crippen LogP contribution in [0.5, 0.6) is 0 Å². The van der Waals surface area contributed by atoms with Crippen LogP contribution in [0.1, 0.15) is 46.0 Å². The molecule has 2 aliphatic rings. The summed E-state index contributed by atoms with van der Waals surface area (Å²) < 4.78 is 0. The second-order valence-corrected chi connectivity index (χ2v) is 5.05. The highest BCUT2D eigenvalue weighted by Crippen LogP contribution is 2.40. The number of hydrogen-bond donors (Lipinski definition) is 0. The van der Waals surface area contributed by atoms with Crippen molar-refractivity contribution in [3.05, 3.63) is 4.91 Å². The average molecular weight is 196 g/mol. The summed E-state index contributed by atoms with van der Waals surface area (Å²) in [5.41, 5.74) is 0. The summed E-state index contributed by atoms with van der Waals surface area (Å²) in [6.45, 7) is 4.39. The number of fused-ring (bicyclic) bond motifs is 1. The van der Waals surface area contributed by atoms with Gasteiger partial charge in [-0.25, -0.2) is 0 Å². The van der Waals surface area contributed by atoms with Crippen molar-refractivity contribution in [2.45, 2.75) is 58.0 Å². The zero-order valence-corrected chi connectivity index (χ0v) is 9.15. The molecule has 0 aromatic rings. The molecule has 4 atom stereocenters. The van der Waals surface area contributed by atoms with E-state index >= 15 is 0 Å². The van der Waals surface area contributed by atoms with Gasteiger partial charge in [0.05, 0.1) is 11.3 Å². The molecule has 1 aliphatic heterocycles. The summed E-state index contributed by atoms with van der Waals surface area (Å²) in [5.74, 6) is 1.38. The van der Waals surface area contributed by atoms with Gasteiger partial charge in [0.25, 0.3) is 0 Å². The van der Waals surface area contributed by atoms with Gasteiger partial charge < -0.3 is 0 Å². The zero-order valence-electron chi connectivity index (χ0n) is 9.15. The first-order valence-corrected chi connectivity index (χ1v) is 5.85. The third-order valence-electron chi connectivity index (χ3n) is 4.11. The maximum Gasteiger partial charge on any atom is 0.0559 e. The number of piperidine rings is 1. The Hall–Kier alpha value is -0.600. The minimum Gasteiger partial charge on any atom is -0.255 e. The van der Waals surface area contributed by atoms with E-state index in [-0.39, 0.29) is 0 Å². The number of nitrogens with zero attached hydrogens (tertiary/aromatic N) is 2. The third-order valence-corrected chi connectivity index (χ3v) is 4.11. The highest BCUT2D eigenvalue weighted by atomic mass is 16.3. The van der Waals surface area contributed by atoms with E-state index in [4.69, 9.17) is 0 Å². The molecule has 14 heavy (non-hydrogen) atoms. The largest absolute Gasteiger partial charge is 0.255 e. The first-order chi connectivity index (χ1) is 6.74. The van der Waals surface area contributed by atoms with Crippen molar-refractivity contribution < 1.29 is 0 Å². The van der Waals surface area contributed by atoms with Crippen LogP contribution >= 0.6 is 0 Å². The summed E-state index contributed by atoms with van der Waals surface area (Å²) in [6, 6.07) is 0.791. The molecule has 3 heteroatoms. The first kappa shape index (κ1) is 9.94. The summed E-state index contributed by atoms with van der Waals surface area (Å²) in [5, 5.41) is 5.09. The van der Waals surface area contributed by atoms with Gasteiger partial charge in [-0.1, -0.05) is 13.3 Å². The van der Waals surface area contributed by atoms with Gasteiger partial charge >= 0.3 is 0 Å². The molecule has 0 aromatic heterocycles. The SMILES string of the molecule is C[C@@H]1CCC[C@@H]2CC[C@@H](C)N(N=O)[C@H]21. The molecule has 1 saturated heterocycles. The molecule has 0 N–H and O–H groups in total. The molecule has 1 saturated carbocycles. The van der Waals surface area contributed by atoms with Crippen molar-refractivity contribution in [3.63, 3.8) is 0 Å². The van der Waals surface area contributed by atoms with Crippen molar-refractivity contribution in [3.8, 4) is 0 Å². The number of hydrogen-bond acceptors (Lipinski definition) is 2. The van der Waals surface area contributed by atoms with Crippen LogP contribution in [0.3, 0.4) is 0 Å². The van der Waals surface area contributed by atoms with Gasteiger partial charge in [-0.3, -0.25) is 5.01 Å². The van der Waals surface area contributed by atoms with E-state index in [2.05, 4.69) is 19.1 Å². The fourth-order valence-corrected chi connectivity index (χ4v) is 3.32. The van der Waals surface area contributed by atoms with E-state index in [0.717, 1.165) is 12.3 Å². The fraction of sp³-hybridized carbons (Fsp3) is 1.00. The summed E-state index contributed by atoms with van der Waals surface area (Å²) in [7, 11) is 0. The fourth-order valence-electron chi connectivity index (χ4n) is 3.32. The van der Waals surface area contributed by atoms with Crippen molar-refractivity contribution in [1.29, 1.82) is 0 Å². The molecular weight excluding hydrogens is 176 g/mol. The van der Waals surface area contributed by atoms with Crippen LogP contribution < -0.4 is 0 Å². The van der Waals surface area contributed by atoms with Crippen molar-refractivity contribution in [1.82, 2.24) is 5.01 Å². The van der Waals surface area contributed by atoms with E-state index in [9.17, 15) is 4.91 Å². The maximum atomic E-state index is 10.8. The molecule has 2 fully saturated rings. The van der Waals surface area contributed by atoms with Gasteiger partial charge in [-0.05, 0) is 44.4 Å². The third kappa shape index (κ3) is 1.53. The van der Waals surface area contributed by atoms with Crippen LogP contribution in [0.2, 0.25) is 0 Å². The van der Waals surface area contributed by atoms with Gasteiger partial charge in [-0.15, -0.1) is 4.91 Å². The van der Waals surface area contributed by atoms with Gasteiger partial charge in [-0.2, -0.15) is 0 Å². The second kappa shape index (κ2) is 3.87.